The Bertz CT molecular complexity index is 355. The molecule has 0 aliphatic carbocycles. The molecule has 0 spiro atoms. The lowest BCUT2D eigenvalue weighted by molar-refractivity contribution is -0.153. The van der Waals surface area contributed by atoms with E-state index in [0.717, 1.165) is 12.8 Å². The van der Waals surface area contributed by atoms with Gasteiger partial charge in [-0.25, -0.2) is 0 Å². The summed E-state index contributed by atoms with van der Waals surface area (Å²) >= 11 is 0. The summed E-state index contributed by atoms with van der Waals surface area (Å²) in [5, 5.41) is 9.36. The maximum absolute atomic E-state index is 12.2. The van der Waals surface area contributed by atoms with E-state index in [2.05, 4.69) is 13.5 Å². The van der Waals surface area contributed by atoms with Gasteiger partial charge in [0.2, 0.25) is 0 Å². The molecule has 122 valence electrons. The van der Waals surface area contributed by atoms with E-state index in [4.69, 9.17) is 0 Å². The minimum atomic E-state index is -1.03. The fourth-order valence-electron chi connectivity index (χ4n) is 2.57. The highest BCUT2D eigenvalue weighted by molar-refractivity contribution is 5.99. The van der Waals surface area contributed by atoms with E-state index in [1.807, 2.05) is 0 Å². The highest BCUT2D eigenvalue weighted by Crippen LogP contribution is 2.34. The number of aliphatic carboxylic acids is 1. The Kier molecular flexibility index (Phi) is 9.23. The summed E-state index contributed by atoms with van der Waals surface area (Å²) in [5.74, 6) is -1.48. The summed E-state index contributed by atoms with van der Waals surface area (Å²) in [7, 11) is 0. The molecule has 0 radical (unpaired) electrons. The molecule has 1 unspecified atom stereocenters. The van der Waals surface area contributed by atoms with Gasteiger partial charge < -0.3 is 5.11 Å². The quantitative estimate of drug-likeness (QED) is 0.407. The molecule has 0 amide bonds. The van der Waals surface area contributed by atoms with Crippen LogP contribution in [0.5, 0.6) is 0 Å². The Hall–Kier alpha value is -1.12. The van der Waals surface area contributed by atoms with Crippen molar-refractivity contribution in [3.05, 3.63) is 12.2 Å². The lowest BCUT2D eigenvalue weighted by Crippen LogP contribution is -2.38. The molecule has 0 aromatic carbocycles. The van der Waals surface area contributed by atoms with Crippen LogP contribution in [-0.4, -0.2) is 16.9 Å². The van der Waals surface area contributed by atoms with Crippen LogP contribution < -0.4 is 0 Å². The monoisotopic (exact) mass is 296 g/mol. The Morgan fingerprint density at radius 2 is 1.52 bits per heavy atom. The van der Waals surface area contributed by atoms with Gasteiger partial charge in [-0.1, -0.05) is 58.4 Å². The number of hydrogen-bond acceptors (Lipinski definition) is 2. The smallest absolute Gasteiger partial charge is 0.309 e. The molecule has 0 bridgehead atoms. The second kappa shape index (κ2) is 9.75. The second-order valence-electron chi connectivity index (χ2n) is 6.63. The first-order valence-corrected chi connectivity index (χ1v) is 8.18. The molecule has 0 saturated heterocycles. The lowest BCUT2D eigenvalue weighted by atomic mass is 9.72. The maximum Gasteiger partial charge on any atom is 0.309 e. The van der Waals surface area contributed by atoms with Gasteiger partial charge in [0.15, 0.2) is 5.78 Å². The summed E-state index contributed by atoms with van der Waals surface area (Å²) in [5.41, 5.74) is -0.574. The molecule has 0 aliphatic rings. The number of carboxylic acids is 1. The van der Waals surface area contributed by atoms with Crippen LogP contribution in [0.4, 0.5) is 0 Å². The van der Waals surface area contributed by atoms with Gasteiger partial charge in [-0.05, 0) is 32.8 Å². The average Bonchev–Trinajstić information content (AvgIpc) is 2.40. The zero-order chi connectivity index (χ0) is 16.5. The fourth-order valence-corrected chi connectivity index (χ4v) is 2.57. The average molecular weight is 296 g/mol. The van der Waals surface area contributed by atoms with Gasteiger partial charge in [-0.3, -0.25) is 9.59 Å². The van der Waals surface area contributed by atoms with Crippen molar-refractivity contribution < 1.29 is 14.7 Å². The van der Waals surface area contributed by atoms with E-state index < -0.39 is 17.3 Å². The van der Waals surface area contributed by atoms with Gasteiger partial charge in [-0.15, -0.1) is 0 Å². The minimum absolute atomic E-state index is 0.103. The Balaban J connectivity index is 4.41. The van der Waals surface area contributed by atoms with Gasteiger partial charge >= 0.3 is 5.97 Å². The standard InChI is InChI=1S/C18H32O3/c1-6-7-8-9-10-11-12-13-15(16(19)14(2)3)18(4,5)17(20)21/h15H,2,6-13H2,1,3-5H3,(H,20,21). The van der Waals surface area contributed by atoms with Gasteiger partial charge in [0.05, 0.1) is 5.41 Å². The Morgan fingerprint density at radius 1 is 1.05 bits per heavy atom. The number of rotatable bonds is 12. The minimum Gasteiger partial charge on any atom is -0.481 e. The molecule has 0 fully saturated rings. The summed E-state index contributed by atoms with van der Waals surface area (Å²) < 4.78 is 0. The van der Waals surface area contributed by atoms with Crippen LogP contribution in [0.3, 0.4) is 0 Å². The SMILES string of the molecule is C=C(C)C(=O)C(CCCCCCCCC)C(C)(C)C(=O)O. The highest BCUT2D eigenvalue weighted by atomic mass is 16.4. The molecule has 3 nitrogen and oxygen atoms in total. The molecule has 0 rings (SSSR count). The van der Waals surface area contributed by atoms with Crippen molar-refractivity contribution in [3.8, 4) is 0 Å². The van der Waals surface area contributed by atoms with E-state index in [-0.39, 0.29) is 5.78 Å². The molecular weight excluding hydrogens is 264 g/mol. The van der Waals surface area contributed by atoms with Gasteiger partial charge in [0, 0.05) is 5.92 Å². The van der Waals surface area contributed by atoms with Gasteiger partial charge in [0.25, 0.3) is 0 Å². The molecule has 1 atom stereocenters. The number of allylic oxidation sites excluding steroid dienone is 1. The third-order valence-corrected chi connectivity index (χ3v) is 4.26. The first-order valence-electron chi connectivity index (χ1n) is 8.18. The number of ketones is 1. The Labute approximate surface area is 129 Å². The molecule has 0 heterocycles. The molecule has 0 aliphatic heterocycles. The summed E-state index contributed by atoms with van der Waals surface area (Å²) in [6.07, 6.45) is 8.80. The number of carboxylic acid groups (broad SMARTS) is 1. The fraction of sp³-hybridized carbons (Fsp3) is 0.778. The van der Waals surface area contributed by atoms with Gasteiger partial charge in [-0.2, -0.15) is 0 Å². The van der Waals surface area contributed by atoms with Crippen LogP contribution in [0.2, 0.25) is 0 Å². The van der Waals surface area contributed by atoms with E-state index >= 15 is 0 Å². The van der Waals surface area contributed by atoms with Crippen molar-refractivity contribution in [2.24, 2.45) is 11.3 Å². The molecule has 0 saturated carbocycles. The number of Topliss-reactive ketones (excluding diaryl/α,β-unsaturated/α-hetero) is 1. The van der Waals surface area contributed by atoms with Crippen LogP contribution in [0.1, 0.15) is 79.1 Å². The molecule has 1 N–H and O–H groups in total. The van der Waals surface area contributed by atoms with Crippen LogP contribution in [0.15, 0.2) is 12.2 Å². The number of carbonyl (C=O) groups is 2. The van der Waals surface area contributed by atoms with Crippen molar-refractivity contribution in [2.45, 2.75) is 79.1 Å². The van der Waals surface area contributed by atoms with Crippen LogP contribution in [0, 0.1) is 11.3 Å². The molecule has 0 aromatic rings. The van der Waals surface area contributed by atoms with Crippen molar-refractivity contribution in [3.63, 3.8) is 0 Å². The first kappa shape index (κ1) is 19.9. The number of carbonyl (C=O) groups excluding carboxylic acids is 1. The normalized spacial score (nSPS) is 13.0. The lowest BCUT2D eigenvalue weighted by Gasteiger charge is -2.29. The third-order valence-electron chi connectivity index (χ3n) is 4.26. The second-order valence-corrected chi connectivity index (χ2v) is 6.63. The maximum atomic E-state index is 12.2. The van der Waals surface area contributed by atoms with Crippen LogP contribution in [-0.2, 0) is 9.59 Å². The molecule has 21 heavy (non-hydrogen) atoms. The highest BCUT2D eigenvalue weighted by Gasteiger charge is 2.40. The van der Waals surface area contributed by atoms with E-state index in [0.29, 0.717) is 12.0 Å². The first-order chi connectivity index (χ1) is 9.75. The predicted octanol–water partition coefficient (Wildman–Crippen LogP) is 5.00. The van der Waals surface area contributed by atoms with Gasteiger partial charge in [0.1, 0.15) is 0 Å². The van der Waals surface area contributed by atoms with Crippen molar-refractivity contribution >= 4 is 11.8 Å². The Morgan fingerprint density at radius 3 is 1.95 bits per heavy atom. The van der Waals surface area contributed by atoms with E-state index in [9.17, 15) is 14.7 Å². The summed E-state index contributed by atoms with van der Waals surface area (Å²) in [6.45, 7) is 10.8. The van der Waals surface area contributed by atoms with Crippen molar-refractivity contribution in [1.29, 1.82) is 0 Å². The van der Waals surface area contributed by atoms with E-state index in [1.54, 1.807) is 20.8 Å². The zero-order valence-electron chi connectivity index (χ0n) is 14.2. The zero-order valence-corrected chi connectivity index (χ0v) is 14.2. The predicted molar refractivity (Wildman–Crippen MR) is 87.3 cm³/mol. The summed E-state index contributed by atoms with van der Waals surface area (Å²) in [4.78, 5) is 23.7. The van der Waals surface area contributed by atoms with E-state index in [1.165, 1.54) is 32.1 Å². The third kappa shape index (κ3) is 6.92. The van der Waals surface area contributed by atoms with Crippen molar-refractivity contribution in [1.82, 2.24) is 0 Å². The molecular formula is C18H32O3. The summed E-state index contributed by atoms with van der Waals surface area (Å²) in [6, 6.07) is 0. The van der Waals surface area contributed by atoms with Crippen LogP contribution >= 0.6 is 0 Å². The van der Waals surface area contributed by atoms with Crippen molar-refractivity contribution in [2.75, 3.05) is 0 Å². The topological polar surface area (TPSA) is 54.4 Å². The molecule has 3 heteroatoms. The molecule has 0 aromatic heterocycles. The largest absolute Gasteiger partial charge is 0.481 e. The van der Waals surface area contributed by atoms with Crippen LogP contribution in [0.25, 0.3) is 0 Å². The number of hydrogen-bond donors (Lipinski definition) is 1. The number of unbranched alkanes of at least 4 members (excludes halogenated alkanes) is 6.